The normalized spacial score (nSPS) is 16.6. The molecule has 23 heavy (non-hydrogen) atoms. The van der Waals surface area contributed by atoms with Gasteiger partial charge in [0.15, 0.2) is 0 Å². The summed E-state index contributed by atoms with van der Waals surface area (Å²) in [6.07, 6.45) is 1.61. The van der Waals surface area contributed by atoms with Gasteiger partial charge >= 0.3 is 0 Å². The van der Waals surface area contributed by atoms with Crippen LogP contribution in [0.1, 0.15) is 22.5 Å². The van der Waals surface area contributed by atoms with Gasteiger partial charge in [-0.2, -0.15) is 0 Å². The van der Waals surface area contributed by atoms with Crippen LogP contribution in [0, 0.1) is 0 Å². The fourth-order valence-electron chi connectivity index (χ4n) is 2.87. The maximum Gasteiger partial charge on any atom is 0.263 e. The minimum absolute atomic E-state index is 0.105. The first kappa shape index (κ1) is 16.2. The van der Waals surface area contributed by atoms with Crippen LogP contribution in [0.15, 0.2) is 24.3 Å². The van der Waals surface area contributed by atoms with Crippen molar-refractivity contribution in [3.05, 3.63) is 34.2 Å². The number of hydrogen-bond acceptors (Lipinski definition) is 4. The number of fused-ring (bicyclic) bond motifs is 1. The molecule has 0 saturated carbocycles. The molecule has 0 atom stereocenters. The monoisotopic (exact) mass is 351 g/mol. The lowest BCUT2D eigenvalue weighted by Crippen LogP contribution is -2.46. The number of carbonyl (C=O) groups excluding carboxylic acids is 2. The van der Waals surface area contributed by atoms with Gasteiger partial charge in [-0.3, -0.25) is 14.5 Å². The van der Waals surface area contributed by atoms with Crippen molar-refractivity contribution in [3.8, 4) is 0 Å². The summed E-state index contributed by atoms with van der Waals surface area (Å²) in [6, 6.07) is 7.84. The number of benzene rings is 1. The zero-order chi connectivity index (χ0) is 16.4. The average Bonchev–Trinajstić information content (AvgIpc) is 2.86. The first-order valence-corrected chi connectivity index (χ1v) is 8.72. The maximum atomic E-state index is 12.5. The highest BCUT2D eigenvalue weighted by atomic mass is 35.5. The molecule has 1 fully saturated rings. The summed E-state index contributed by atoms with van der Waals surface area (Å²) in [4.78, 5) is 26.0. The number of halogens is 1. The second kappa shape index (κ2) is 6.86. The van der Waals surface area contributed by atoms with E-state index in [2.05, 4.69) is 5.32 Å². The highest BCUT2D eigenvalue weighted by molar-refractivity contribution is 7.21. The van der Waals surface area contributed by atoms with Crippen molar-refractivity contribution < 1.29 is 9.59 Å². The molecule has 2 aromatic rings. The van der Waals surface area contributed by atoms with E-state index in [0.717, 1.165) is 36.0 Å². The number of nitrogens with one attached hydrogen (secondary N) is 1. The van der Waals surface area contributed by atoms with Crippen molar-refractivity contribution in [1.82, 2.24) is 10.2 Å². The molecule has 3 N–H and O–H groups in total. The van der Waals surface area contributed by atoms with E-state index in [-0.39, 0.29) is 24.4 Å². The number of primary amides is 1. The fraction of sp³-hybridized carbons (Fsp3) is 0.375. The Morgan fingerprint density at radius 3 is 2.65 bits per heavy atom. The number of thiophene rings is 1. The molecule has 1 aliphatic rings. The molecule has 2 heterocycles. The zero-order valence-electron chi connectivity index (χ0n) is 12.5. The summed E-state index contributed by atoms with van der Waals surface area (Å²) < 4.78 is 1.01. The molecule has 0 radical (unpaired) electrons. The van der Waals surface area contributed by atoms with Crippen LogP contribution in [0.2, 0.25) is 5.02 Å². The number of hydrogen-bond donors (Lipinski definition) is 2. The van der Waals surface area contributed by atoms with E-state index in [1.165, 1.54) is 11.3 Å². The number of likely N-dealkylation sites (tertiary alicyclic amines) is 1. The van der Waals surface area contributed by atoms with Gasteiger partial charge in [-0.05, 0) is 18.9 Å². The molecule has 7 heteroatoms. The highest BCUT2D eigenvalue weighted by Crippen LogP contribution is 2.35. The van der Waals surface area contributed by atoms with Crippen LogP contribution in [-0.4, -0.2) is 42.4 Å². The van der Waals surface area contributed by atoms with Gasteiger partial charge in [-0.25, -0.2) is 0 Å². The van der Waals surface area contributed by atoms with Gasteiger partial charge < -0.3 is 11.1 Å². The number of piperidine rings is 1. The van der Waals surface area contributed by atoms with Crippen LogP contribution in [0.25, 0.3) is 10.1 Å². The Morgan fingerprint density at radius 1 is 1.30 bits per heavy atom. The second-order valence-electron chi connectivity index (χ2n) is 5.73. The largest absolute Gasteiger partial charge is 0.369 e. The molecule has 1 saturated heterocycles. The quantitative estimate of drug-likeness (QED) is 0.887. The highest BCUT2D eigenvalue weighted by Gasteiger charge is 2.24. The number of carbonyl (C=O) groups is 2. The van der Waals surface area contributed by atoms with Crippen LogP contribution in [-0.2, 0) is 4.79 Å². The Balaban J connectivity index is 1.63. The van der Waals surface area contributed by atoms with Gasteiger partial charge in [-0.15, -0.1) is 11.3 Å². The van der Waals surface area contributed by atoms with Gasteiger partial charge in [0.1, 0.15) is 4.88 Å². The predicted molar refractivity (Wildman–Crippen MR) is 93.0 cm³/mol. The number of amides is 2. The third-order valence-electron chi connectivity index (χ3n) is 4.04. The van der Waals surface area contributed by atoms with Crippen molar-refractivity contribution in [2.45, 2.75) is 18.9 Å². The minimum Gasteiger partial charge on any atom is -0.369 e. The van der Waals surface area contributed by atoms with Crippen LogP contribution in [0.3, 0.4) is 0 Å². The number of nitrogens with zero attached hydrogens (tertiary/aromatic N) is 1. The van der Waals surface area contributed by atoms with E-state index in [0.29, 0.717) is 9.90 Å². The Labute approximate surface area is 143 Å². The van der Waals surface area contributed by atoms with Crippen LogP contribution >= 0.6 is 22.9 Å². The lowest BCUT2D eigenvalue weighted by Gasteiger charge is -2.31. The van der Waals surface area contributed by atoms with Crippen molar-refractivity contribution >= 4 is 44.8 Å². The number of nitrogens with two attached hydrogens (primary N) is 1. The smallest absolute Gasteiger partial charge is 0.263 e. The summed E-state index contributed by atoms with van der Waals surface area (Å²) in [5, 5.41) is 4.49. The average molecular weight is 352 g/mol. The zero-order valence-corrected chi connectivity index (χ0v) is 14.1. The Bertz CT molecular complexity index is 738. The SMILES string of the molecule is NC(=O)CN1CCC(NC(=O)c2sc3ccccc3c2Cl)CC1. The first-order chi connectivity index (χ1) is 11.0. The summed E-state index contributed by atoms with van der Waals surface area (Å²) in [6.45, 7) is 1.80. The second-order valence-corrected chi connectivity index (χ2v) is 7.16. The molecule has 3 rings (SSSR count). The van der Waals surface area contributed by atoms with Crippen molar-refractivity contribution in [3.63, 3.8) is 0 Å². The van der Waals surface area contributed by atoms with Crippen LogP contribution in [0.5, 0.6) is 0 Å². The van der Waals surface area contributed by atoms with E-state index < -0.39 is 0 Å². The Morgan fingerprint density at radius 2 is 2.00 bits per heavy atom. The molecule has 0 bridgehead atoms. The summed E-state index contributed by atoms with van der Waals surface area (Å²) >= 11 is 7.75. The molecule has 5 nitrogen and oxygen atoms in total. The van der Waals surface area contributed by atoms with Gasteiger partial charge in [0.2, 0.25) is 5.91 Å². The van der Waals surface area contributed by atoms with E-state index in [1.807, 2.05) is 29.2 Å². The molecule has 1 aromatic heterocycles. The molecule has 0 unspecified atom stereocenters. The summed E-state index contributed by atoms with van der Waals surface area (Å²) in [5.41, 5.74) is 5.20. The van der Waals surface area contributed by atoms with E-state index in [1.54, 1.807) is 0 Å². The molecule has 1 aliphatic heterocycles. The third kappa shape index (κ3) is 3.65. The number of rotatable bonds is 4. The van der Waals surface area contributed by atoms with Crippen LogP contribution in [0.4, 0.5) is 0 Å². The van der Waals surface area contributed by atoms with Gasteiger partial charge in [-0.1, -0.05) is 29.8 Å². The molecule has 122 valence electrons. The van der Waals surface area contributed by atoms with E-state index >= 15 is 0 Å². The van der Waals surface area contributed by atoms with E-state index in [9.17, 15) is 9.59 Å². The summed E-state index contributed by atoms with van der Waals surface area (Å²) in [5.74, 6) is -0.436. The molecule has 0 aliphatic carbocycles. The van der Waals surface area contributed by atoms with E-state index in [4.69, 9.17) is 17.3 Å². The summed E-state index contributed by atoms with van der Waals surface area (Å²) in [7, 11) is 0. The molecular weight excluding hydrogens is 334 g/mol. The Kier molecular flexibility index (Phi) is 4.84. The lowest BCUT2D eigenvalue weighted by molar-refractivity contribution is -0.119. The van der Waals surface area contributed by atoms with Gasteiger partial charge in [0.25, 0.3) is 5.91 Å². The topological polar surface area (TPSA) is 75.4 Å². The lowest BCUT2D eigenvalue weighted by atomic mass is 10.0. The van der Waals surface area contributed by atoms with Crippen molar-refractivity contribution in [1.29, 1.82) is 0 Å². The molecule has 1 aromatic carbocycles. The Hall–Kier alpha value is -1.63. The maximum absolute atomic E-state index is 12.5. The first-order valence-electron chi connectivity index (χ1n) is 7.53. The van der Waals surface area contributed by atoms with Gasteiger partial charge in [0, 0.05) is 29.2 Å². The standard InChI is InChI=1S/C16H18ClN3O2S/c17-14-11-3-1-2-4-12(11)23-15(14)16(22)19-10-5-7-20(8-6-10)9-13(18)21/h1-4,10H,5-9H2,(H2,18,21)(H,19,22). The molecule has 2 amide bonds. The fourth-order valence-corrected chi connectivity index (χ4v) is 4.29. The van der Waals surface area contributed by atoms with Crippen molar-refractivity contribution in [2.24, 2.45) is 5.73 Å². The third-order valence-corrected chi connectivity index (χ3v) is 5.72. The minimum atomic E-state index is -0.315. The van der Waals surface area contributed by atoms with Crippen LogP contribution < -0.4 is 11.1 Å². The van der Waals surface area contributed by atoms with Crippen molar-refractivity contribution in [2.75, 3.05) is 19.6 Å². The molecular formula is C16H18ClN3O2S. The predicted octanol–water partition coefficient (Wildman–Crippen LogP) is 2.23. The van der Waals surface area contributed by atoms with Gasteiger partial charge in [0.05, 0.1) is 11.6 Å². The molecule has 0 spiro atoms.